The van der Waals surface area contributed by atoms with Crippen LogP contribution in [0.3, 0.4) is 0 Å². The summed E-state index contributed by atoms with van der Waals surface area (Å²) in [5.41, 5.74) is 0.183. The zero-order valence-electron chi connectivity index (χ0n) is 10.9. The minimum atomic E-state index is -0.671. The van der Waals surface area contributed by atoms with E-state index in [4.69, 9.17) is 5.26 Å². The molecule has 0 unspecified atom stereocenters. The molecule has 6 nitrogen and oxygen atoms in total. The van der Waals surface area contributed by atoms with Gasteiger partial charge < -0.3 is 0 Å². The van der Waals surface area contributed by atoms with Gasteiger partial charge in [-0.15, -0.1) is 0 Å². The highest BCUT2D eigenvalue weighted by atomic mass is 32.2. The van der Waals surface area contributed by atoms with Crippen LogP contribution in [-0.4, -0.2) is 19.6 Å². The molecule has 0 aliphatic carbocycles. The number of nitriles is 1. The minimum absolute atomic E-state index is 0.138. The molecule has 0 aliphatic heterocycles. The summed E-state index contributed by atoms with van der Waals surface area (Å²) < 4.78 is 27.2. The van der Waals surface area contributed by atoms with Gasteiger partial charge >= 0.3 is 5.69 Å². The van der Waals surface area contributed by atoms with Crippen molar-refractivity contribution in [3.63, 3.8) is 0 Å². The van der Waals surface area contributed by atoms with Gasteiger partial charge in [0, 0.05) is 11.8 Å². The van der Waals surface area contributed by atoms with Gasteiger partial charge in [0.2, 0.25) is 0 Å². The standard InChI is InChI=1S/C13H7F2N5OS/c14-9-1-7(2-10(15)3-9)6-22-12-18-11-8(4-16)5-17-20(11)13(21)19-12/h1-3,5H,6H2,(H,18,19,21). The van der Waals surface area contributed by atoms with Crippen molar-refractivity contribution >= 4 is 17.4 Å². The second-order valence-electron chi connectivity index (χ2n) is 4.32. The molecule has 0 radical (unpaired) electrons. The van der Waals surface area contributed by atoms with E-state index in [0.717, 1.165) is 22.3 Å². The quantitative estimate of drug-likeness (QED) is 0.745. The van der Waals surface area contributed by atoms with Crippen molar-refractivity contribution in [2.45, 2.75) is 10.9 Å². The van der Waals surface area contributed by atoms with Crippen molar-refractivity contribution in [2.24, 2.45) is 0 Å². The number of aromatic nitrogens is 4. The van der Waals surface area contributed by atoms with Crippen LogP contribution < -0.4 is 5.69 Å². The van der Waals surface area contributed by atoms with Gasteiger partial charge in [-0.3, -0.25) is 4.98 Å². The van der Waals surface area contributed by atoms with Crippen molar-refractivity contribution in [1.29, 1.82) is 5.26 Å². The second kappa shape index (κ2) is 5.57. The van der Waals surface area contributed by atoms with Gasteiger partial charge in [-0.1, -0.05) is 11.8 Å². The van der Waals surface area contributed by atoms with Crippen LogP contribution in [0, 0.1) is 23.0 Å². The summed E-state index contributed by atoms with van der Waals surface area (Å²) in [6, 6.07) is 5.07. The number of rotatable bonds is 3. The van der Waals surface area contributed by atoms with Crippen LogP contribution in [-0.2, 0) is 5.75 Å². The van der Waals surface area contributed by atoms with Crippen LogP contribution in [0.25, 0.3) is 5.65 Å². The Morgan fingerprint density at radius 3 is 2.73 bits per heavy atom. The summed E-state index contributed by atoms with van der Waals surface area (Å²) >= 11 is 1.09. The third-order valence-corrected chi connectivity index (χ3v) is 3.72. The van der Waals surface area contributed by atoms with Crippen LogP contribution >= 0.6 is 11.8 Å². The van der Waals surface area contributed by atoms with Crippen molar-refractivity contribution in [3.8, 4) is 6.07 Å². The first kappa shape index (κ1) is 14.2. The average Bonchev–Trinajstić information content (AvgIpc) is 2.87. The lowest BCUT2D eigenvalue weighted by molar-refractivity contribution is 0.581. The fourth-order valence-corrected chi connectivity index (χ4v) is 2.64. The molecule has 0 fully saturated rings. The Morgan fingerprint density at radius 2 is 2.05 bits per heavy atom. The molecule has 9 heteroatoms. The molecular weight excluding hydrogens is 312 g/mol. The molecule has 22 heavy (non-hydrogen) atoms. The van der Waals surface area contributed by atoms with E-state index in [0.29, 0.717) is 5.56 Å². The summed E-state index contributed by atoms with van der Waals surface area (Å²) in [6.45, 7) is 0. The summed E-state index contributed by atoms with van der Waals surface area (Å²) in [5.74, 6) is -1.13. The topological polar surface area (TPSA) is 86.8 Å². The molecule has 110 valence electrons. The fourth-order valence-electron chi connectivity index (χ4n) is 1.86. The van der Waals surface area contributed by atoms with Crippen molar-refractivity contribution < 1.29 is 8.78 Å². The first-order chi connectivity index (χ1) is 10.6. The molecule has 0 aliphatic rings. The van der Waals surface area contributed by atoms with Crippen LogP contribution in [0.5, 0.6) is 0 Å². The smallest absolute Gasteiger partial charge is 0.285 e. The summed E-state index contributed by atoms with van der Waals surface area (Å²) in [6.07, 6.45) is 1.24. The SMILES string of the molecule is N#Cc1cnn2c(=O)[nH]c(SCc3cc(F)cc(F)c3)nc12. The Hall–Kier alpha value is -2.73. The average molecular weight is 319 g/mol. The van der Waals surface area contributed by atoms with Gasteiger partial charge in [-0.25, -0.2) is 18.6 Å². The molecule has 3 rings (SSSR count). The maximum absolute atomic E-state index is 13.1. The molecule has 0 amide bonds. The van der Waals surface area contributed by atoms with E-state index in [-0.39, 0.29) is 22.1 Å². The van der Waals surface area contributed by atoms with E-state index < -0.39 is 17.3 Å². The highest BCUT2D eigenvalue weighted by Crippen LogP contribution is 2.20. The second-order valence-corrected chi connectivity index (χ2v) is 5.28. The Morgan fingerprint density at radius 1 is 1.32 bits per heavy atom. The molecular formula is C13H7F2N5OS. The first-order valence-electron chi connectivity index (χ1n) is 6.03. The third kappa shape index (κ3) is 2.68. The van der Waals surface area contributed by atoms with Crippen LogP contribution in [0.15, 0.2) is 34.3 Å². The Kier molecular flexibility index (Phi) is 3.60. The largest absolute Gasteiger partial charge is 0.350 e. The third-order valence-electron chi connectivity index (χ3n) is 2.78. The Bertz CT molecular complexity index is 939. The molecule has 1 N–H and O–H groups in total. The molecule has 1 aromatic carbocycles. The van der Waals surface area contributed by atoms with Crippen LogP contribution in [0.4, 0.5) is 8.78 Å². The number of halogens is 2. The van der Waals surface area contributed by atoms with Gasteiger partial charge in [-0.2, -0.15) is 14.9 Å². The van der Waals surface area contributed by atoms with Gasteiger partial charge in [-0.05, 0) is 17.7 Å². The summed E-state index contributed by atoms with van der Waals surface area (Å²) in [7, 11) is 0. The fraction of sp³-hybridized carbons (Fsp3) is 0.0769. The van der Waals surface area contributed by atoms with Crippen LogP contribution in [0.2, 0.25) is 0 Å². The van der Waals surface area contributed by atoms with Gasteiger partial charge in [0.1, 0.15) is 23.3 Å². The lowest BCUT2D eigenvalue weighted by Crippen LogP contribution is -2.19. The normalized spacial score (nSPS) is 10.8. The van der Waals surface area contributed by atoms with E-state index in [1.54, 1.807) is 0 Å². The predicted octanol–water partition coefficient (Wildman–Crippen LogP) is 1.86. The summed E-state index contributed by atoms with van der Waals surface area (Å²) in [4.78, 5) is 18.4. The van der Waals surface area contributed by atoms with Crippen molar-refractivity contribution in [1.82, 2.24) is 19.6 Å². The number of thioether (sulfide) groups is 1. The lowest BCUT2D eigenvalue weighted by atomic mass is 10.2. The van der Waals surface area contributed by atoms with Gasteiger partial charge in [0.25, 0.3) is 0 Å². The molecule has 0 saturated carbocycles. The summed E-state index contributed by atoms with van der Waals surface area (Å²) in [5, 5.41) is 12.9. The van der Waals surface area contributed by atoms with E-state index in [2.05, 4.69) is 15.1 Å². The maximum atomic E-state index is 13.1. The van der Waals surface area contributed by atoms with E-state index >= 15 is 0 Å². The molecule has 0 bridgehead atoms. The van der Waals surface area contributed by atoms with Crippen molar-refractivity contribution in [2.75, 3.05) is 0 Å². The van der Waals surface area contributed by atoms with Crippen LogP contribution in [0.1, 0.15) is 11.1 Å². The molecule has 2 aromatic heterocycles. The van der Waals surface area contributed by atoms with Gasteiger partial charge in [0.05, 0.1) is 6.20 Å². The minimum Gasteiger partial charge on any atom is -0.285 e. The first-order valence-corrected chi connectivity index (χ1v) is 7.01. The number of H-pyrrole nitrogens is 1. The number of hydrogen-bond acceptors (Lipinski definition) is 5. The molecule has 2 heterocycles. The van der Waals surface area contributed by atoms with E-state index in [1.807, 2.05) is 6.07 Å². The Balaban J connectivity index is 1.91. The maximum Gasteiger partial charge on any atom is 0.350 e. The zero-order valence-corrected chi connectivity index (χ0v) is 11.7. The number of nitrogens with zero attached hydrogens (tertiary/aromatic N) is 4. The number of nitrogens with one attached hydrogen (secondary N) is 1. The highest BCUT2D eigenvalue weighted by Gasteiger charge is 2.10. The highest BCUT2D eigenvalue weighted by molar-refractivity contribution is 7.98. The van der Waals surface area contributed by atoms with E-state index in [1.165, 1.54) is 18.3 Å². The van der Waals surface area contributed by atoms with Gasteiger partial charge in [0.15, 0.2) is 10.8 Å². The molecule has 0 saturated heterocycles. The number of aromatic amines is 1. The molecule has 0 spiro atoms. The predicted molar refractivity (Wildman–Crippen MR) is 74.2 cm³/mol. The van der Waals surface area contributed by atoms with Crippen molar-refractivity contribution in [3.05, 3.63) is 57.6 Å². The number of fused-ring (bicyclic) bond motifs is 1. The molecule has 3 aromatic rings. The zero-order chi connectivity index (χ0) is 15.7. The Labute approximate surface area is 126 Å². The number of hydrogen-bond donors (Lipinski definition) is 1. The monoisotopic (exact) mass is 319 g/mol. The number of benzene rings is 1. The van der Waals surface area contributed by atoms with E-state index in [9.17, 15) is 13.6 Å². The lowest BCUT2D eigenvalue weighted by Gasteiger charge is -2.03. The molecule has 0 atom stereocenters.